The number of likely N-dealkylation sites (N-methyl/N-ethyl adjacent to an activating group) is 1. The highest BCUT2D eigenvalue weighted by Gasteiger charge is 2.54. The Hall–Kier alpha value is -1.95. The lowest BCUT2D eigenvalue weighted by molar-refractivity contribution is -0.144. The summed E-state index contributed by atoms with van der Waals surface area (Å²) in [5.74, 6) is 0.627. The van der Waals surface area contributed by atoms with Crippen LogP contribution in [0.25, 0.3) is 0 Å². The van der Waals surface area contributed by atoms with Crippen LogP contribution in [-0.4, -0.2) is 59.3 Å². The Morgan fingerprint density at radius 1 is 1.30 bits per heavy atom. The molecule has 1 N–H and O–H groups in total. The van der Waals surface area contributed by atoms with Gasteiger partial charge in [0.2, 0.25) is 11.8 Å². The van der Waals surface area contributed by atoms with Crippen LogP contribution in [0.3, 0.4) is 0 Å². The molecule has 23 heavy (non-hydrogen) atoms. The van der Waals surface area contributed by atoms with Crippen LogP contribution in [0.2, 0.25) is 0 Å². The van der Waals surface area contributed by atoms with Gasteiger partial charge in [0.1, 0.15) is 0 Å². The monoisotopic (exact) mass is 314 g/mol. The Labute approximate surface area is 135 Å². The highest BCUT2D eigenvalue weighted by atomic mass is 16.2. The van der Waals surface area contributed by atoms with Crippen LogP contribution in [0.5, 0.6) is 0 Å². The number of nitrogens with zero attached hydrogens (tertiary/aromatic N) is 3. The van der Waals surface area contributed by atoms with Crippen LogP contribution < -0.4 is 5.32 Å². The molecule has 1 aromatic heterocycles. The molecule has 1 spiro atoms. The van der Waals surface area contributed by atoms with E-state index in [1.807, 2.05) is 24.1 Å². The summed E-state index contributed by atoms with van der Waals surface area (Å²) in [6.07, 6.45) is 6.27. The molecule has 1 atom stereocenters. The van der Waals surface area contributed by atoms with Crippen molar-refractivity contribution >= 4 is 17.5 Å². The molecule has 2 aliphatic heterocycles. The third-order valence-electron chi connectivity index (χ3n) is 5.27. The first-order valence-electron chi connectivity index (χ1n) is 8.26. The first-order valence-corrected chi connectivity index (χ1v) is 8.26. The Morgan fingerprint density at radius 2 is 2.09 bits per heavy atom. The van der Waals surface area contributed by atoms with Gasteiger partial charge in [0.25, 0.3) is 0 Å². The largest absolute Gasteiger partial charge is 0.341 e. The fraction of sp³-hybridized carbons (Fsp3) is 0.588. The summed E-state index contributed by atoms with van der Waals surface area (Å²) in [5.41, 5.74) is 0.835. The van der Waals surface area contributed by atoms with Gasteiger partial charge in [-0.25, -0.2) is 0 Å². The maximum absolute atomic E-state index is 12.5. The fourth-order valence-corrected chi connectivity index (χ4v) is 3.96. The van der Waals surface area contributed by atoms with E-state index in [4.69, 9.17) is 0 Å². The molecule has 1 aliphatic carbocycles. The van der Waals surface area contributed by atoms with Gasteiger partial charge >= 0.3 is 0 Å². The van der Waals surface area contributed by atoms with Crippen molar-refractivity contribution in [2.45, 2.75) is 25.3 Å². The van der Waals surface area contributed by atoms with Gasteiger partial charge in [0, 0.05) is 37.2 Å². The molecule has 3 fully saturated rings. The number of hydrogen-bond acceptors (Lipinski definition) is 4. The van der Waals surface area contributed by atoms with E-state index >= 15 is 0 Å². The lowest BCUT2D eigenvalue weighted by Crippen LogP contribution is -2.59. The van der Waals surface area contributed by atoms with E-state index in [9.17, 15) is 9.59 Å². The van der Waals surface area contributed by atoms with Gasteiger partial charge in [-0.05, 0) is 38.4 Å². The van der Waals surface area contributed by atoms with Crippen LogP contribution in [0.1, 0.15) is 19.3 Å². The molecule has 3 heterocycles. The summed E-state index contributed by atoms with van der Waals surface area (Å²) >= 11 is 0. The van der Waals surface area contributed by atoms with Crippen molar-refractivity contribution < 1.29 is 9.59 Å². The fourth-order valence-electron chi connectivity index (χ4n) is 3.96. The van der Waals surface area contributed by atoms with E-state index in [2.05, 4.69) is 15.2 Å². The summed E-state index contributed by atoms with van der Waals surface area (Å²) < 4.78 is 0. The molecule has 0 radical (unpaired) electrons. The molecule has 1 aromatic rings. The number of carbonyl (C=O) groups is 2. The van der Waals surface area contributed by atoms with E-state index in [1.54, 1.807) is 12.4 Å². The number of hydrogen-bond donors (Lipinski definition) is 1. The first kappa shape index (κ1) is 14.6. The van der Waals surface area contributed by atoms with E-state index in [0.717, 1.165) is 44.6 Å². The number of amides is 2. The molecular weight excluding hydrogens is 292 g/mol. The predicted octanol–water partition coefficient (Wildman–Crippen LogP) is 0.963. The number of aromatic nitrogens is 1. The van der Waals surface area contributed by atoms with Gasteiger partial charge in [-0.3, -0.25) is 19.5 Å². The Morgan fingerprint density at radius 3 is 2.74 bits per heavy atom. The molecule has 3 aliphatic rings. The molecule has 1 saturated carbocycles. The van der Waals surface area contributed by atoms with Crippen molar-refractivity contribution in [1.29, 1.82) is 0 Å². The average molecular weight is 314 g/mol. The van der Waals surface area contributed by atoms with Crippen molar-refractivity contribution in [2.75, 3.05) is 32.0 Å². The Kier molecular flexibility index (Phi) is 3.37. The number of rotatable bonds is 3. The topological polar surface area (TPSA) is 65.5 Å². The van der Waals surface area contributed by atoms with Gasteiger partial charge in [-0.1, -0.05) is 0 Å². The second kappa shape index (κ2) is 5.30. The van der Waals surface area contributed by atoms with Gasteiger partial charge in [-0.2, -0.15) is 0 Å². The highest BCUT2D eigenvalue weighted by molar-refractivity contribution is 5.95. The number of carbonyl (C=O) groups excluding carboxylic acids is 2. The maximum Gasteiger partial charge on any atom is 0.241 e. The van der Waals surface area contributed by atoms with Crippen molar-refractivity contribution in [3.05, 3.63) is 24.5 Å². The Balaban J connectivity index is 1.36. The highest BCUT2D eigenvalue weighted by Crippen LogP contribution is 2.44. The zero-order valence-electron chi connectivity index (χ0n) is 13.4. The van der Waals surface area contributed by atoms with Crippen molar-refractivity contribution in [3.8, 4) is 0 Å². The minimum atomic E-state index is -0.131. The van der Waals surface area contributed by atoms with E-state index in [0.29, 0.717) is 5.91 Å². The normalized spacial score (nSPS) is 26.1. The minimum absolute atomic E-state index is 0.0179. The second-order valence-corrected chi connectivity index (χ2v) is 7.33. The van der Waals surface area contributed by atoms with Gasteiger partial charge in [-0.15, -0.1) is 0 Å². The summed E-state index contributed by atoms with van der Waals surface area (Å²) in [4.78, 5) is 32.7. The van der Waals surface area contributed by atoms with Crippen molar-refractivity contribution in [3.63, 3.8) is 0 Å². The van der Waals surface area contributed by atoms with E-state index in [-0.39, 0.29) is 23.3 Å². The summed E-state index contributed by atoms with van der Waals surface area (Å²) in [5, 5.41) is 2.94. The number of anilines is 1. The van der Waals surface area contributed by atoms with E-state index < -0.39 is 0 Å². The van der Waals surface area contributed by atoms with Crippen LogP contribution in [0.4, 0.5) is 5.69 Å². The standard InChI is InChI=1S/C17H22N4O2/c1-20-9-17(10-21(11-17)16(23)12-4-5-12)7-14(20)15(22)19-13-3-2-6-18-8-13/h2-3,6,8,12,14H,4-5,7,9-11H2,1H3,(H,19,22). The third-order valence-corrected chi connectivity index (χ3v) is 5.27. The second-order valence-electron chi connectivity index (χ2n) is 7.33. The molecule has 2 amide bonds. The molecule has 0 bridgehead atoms. The minimum Gasteiger partial charge on any atom is -0.341 e. The Bertz CT molecular complexity index is 623. The van der Waals surface area contributed by atoms with Crippen LogP contribution in [0, 0.1) is 11.3 Å². The first-order chi connectivity index (χ1) is 11.1. The molecule has 6 heteroatoms. The third kappa shape index (κ3) is 2.72. The van der Waals surface area contributed by atoms with Crippen LogP contribution in [0.15, 0.2) is 24.5 Å². The van der Waals surface area contributed by atoms with Crippen molar-refractivity contribution in [2.24, 2.45) is 11.3 Å². The van der Waals surface area contributed by atoms with Crippen LogP contribution >= 0.6 is 0 Å². The predicted molar refractivity (Wildman–Crippen MR) is 85.6 cm³/mol. The molecule has 1 unspecified atom stereocenters. The summed E-state index contributed by atoms with van der Waals surface area (Å²) in [6.45, 7) is 2.50. The SMILES string of the molecule is CN1CC2(CC1C(=O)Nc1cccnc1)CN(C(=O)C1CC1)C2. The molecule has 122 valence electrons. The number of likely N-dealkylation sites (tertiary alicyclic amines) is 2. The number of nitrogens with one attached hydrogen (secondary N) is 1. The number of pyridine rings is 1. The summed E-state index contributed by atoms with van der Waals surface area (Å²) in [6, 6.07) is 3.52. The molecule has 6 nitrogen and oxygen atoms in total. The lowest BCUT2D eigenvalue weighted by Gasteiger charge is -2.48. The van der Waals surface area contributed by atoms with Gasteiger partial charge in [0.15, 0.2) is 0 Å². The zero-order valence-corrected chi connectivity index (χ0v) is 13.4. The molecule has 2 saturated heterocycles. The zero-order chi connectivity index (χ0) is 16.0. The molecule has 4 rings (SSSR count). The quantitative estimate of drug-likeness (QED) is 0.902. The van der Waals surface area contributed by atoms with Crippen LogP contribution in [-0.2, 0) is 9.59 Å². The molecule has 0 aromatic carbocycles. The van der Waals surface area contributed by atoms with E-state index in [1.165, 1.54) is 0 Å². The smallest absolute Gasteiger partial charge is 0.241 e. The molecular formula is C17H22N4O2. The average Bonchev–Trinajstić information content (AvgIpc) is 3.28. The summed E-state index contributed by atoms with van der Waals surface area (Å²) in [7, 11) is 1.99. The van der Waals surface area contributed by atoms with Gasteiger partial charge < -0.3 is 10.2 Å². The van der Waals surface area contributed by atoms with Crippen molar-refractivity contribution in [1.82, 2.24) is 14.8 Å². The lowest BCUT2D eigenvalue weighted by atomic mass is 9.77. The van der Waals surface area contributed by atoms with Gasteiger partial charge in [0.05, 0.1) is 17.9 Å². The maximum atomic E-state index is 12.5.